The van der Waals surface area contributed by atoms with Gasteiger partial charge < -0.3 is 19.4 Å². The molecule has 2 aromatic rings. The number of carbonyl (C=O) groups excluding carboxylic acids is 2. The Kier molecular flexibility index (Phi) is 4.28. The maximum atomic E-state index is 13.1. The van der Waals surface area contributed by atoms with E-state index in [1.54, 1.807) is 0 Å². The van der Waals surface area contributed by atoms with Gasteiger partial charge >= 0.3 is 6.09 Å². The van der Waals surface area contributed by atoms with Crippen molar-refractivity contribution in [2.24, 2.45) is 5.41 Å². The number of hydrogen-bond acceptors (Lipinski definition) is 3. The Bertz CT molecular complexity index is 879. The number of fused-ring (bicyclic) bond motifs is 5. The number of ether oxygens (including phenoxy) is 1. The predicted octanol–water partition coefficient (Wildman–Crippen LogP) is 4.76. The molecule has 0 saturated carbocycles. The minimum Gasteiger partial charge on any atom is -0.444 e. The Morgan fingerprint density at radius 3 is 2.85 bits per heavy atom. The zero-order valence-corrected chi connectivity index (χ0v) is 16.4. The number of H-pyrrole nitrogens is 1. The van der Waals surface area contributed by atoms with Crippen molar-refractivity contribution in [3.63, 3.8) is 0 Å². The van der Waals surface area contributed by atoms with Crippen LogP contribution in [-0.4, -0.2) is 34.4 Å². The highest BCUT2D eigenvalue weighted by molar-refractivity contribution is 5.86. The highest BCUT2D eigenvalue weighted by Gasteiger charge is 2.51. The van der Waals surface area contributed by atoms with E-state index >= 15 is 0 Å². The highest BCUT2D eigenvalue weighted by atomic mass is 16.6. The van der Waals surface area contributed by atoms with Gasteiger partial charge in [0.05, 0.1) is 6.04 Å². The first-order chi connectivity index (χ1) is 12.8. The van der Waals surface area contributed by atoms with E-state index in [9.17, 15) is 9.59 Å². The number of rotatable bonds is 2. The van der Waals surface area contributed by atoms with Gasteiger partial charge in [-0.2, -0.15) is 0 Å². The Morgan fingerprint density at radius 1 is 1.33 bits per heavy atom. The van der Waals surface area contributed by atoms with Gasteiger partial charge in [0.15, 0.2) is 0 Å². The fraction of sp³-hybridized carbons (Fsp3) is 0.545. The monoisotopic (exact) mass is 368 g/mol. The molecule has 1 N–H and O–H groups in total. The number of likely N-dealkylation sites (tertiary alicyclic amines) is 1. The van der Waals surface area contributed by atoms with E-state index in [4.69, 9.17) is 4.74 Å². The molecule has 1 aromatic carbocycles. The Morgan fingerprint density at radius 2 is 2.11 bits per heavy atom. The lowest BCUT2D eigenvalue weighted by Gasteiger charge is -2.52. The number of piperidine rings is 1. The third-order valence-electron chi connectivity index (χ3n) is 6.06. The molecule has 1 aromatic heterocycles. The number of carbonyl (C=O) groups is 2. The van der Waals surface area contributed by atoms with Crippen molar-refractivity contribution < 1.29 is 14.3 Å². The maximum Gasteiger partial charge on any atom is 0.410 e. The minimum absolute atomic E-state index is 0.119. The molecule has 0 unspecified atom stereocenters. The van der Waals surface area contributed by atoms with E-state index in [1.807, 2.05) is 37.8 Å². The average molecular weight is 368 g/mol. The SMILES string of the molecule is CC(C)(C)OC(=O)N1CCC[C@]2(CC=O)CCc3[nH]c4ccccc4c3[C@H]12. The van der Waals surface area contributed by atoms with Crippen molar-refractivity contribution in [1.29, 1.82) is 0 Å². The molecule has 1 aliphatic carbocycles. The number of hydrogen-bond donors (Lipinski definition) is 1. The van der Waals surface area contributed by atoms with Crippen LogP contribution in [0.5, 0.6) is 0 Å². The number of aromatic nitrogens is 1. The van der Waals surface area contributed by atoms with Crippen LogP contribution in [0.3, 0.4) is 0 Å². The number of nitrogens with one attached hydrogen (secondary N) is 1. The molecule has 2 heterocycles. The van der Waals surface area contributed by atoms with Gasteiger partial charge in [-0.1, -0.05) is 18.2 Å². The van der Waals surface area contributed by atoms with Crippen molar-refractivity contribution in [3.05, 3.63) is 35.5 Å². The number of aldehydes is 1. The summed E-state index contributed by atoms with van der Waals surface area (Å²) in [5.41, 5.74) is 2.73. The summed E-state index contributed by atoms with van der Waals surface area (Å²) in [4.78, 5) is 30.1. The summed E-state index contributed by atoms with van der Waals surface area (Å²) in [6, 6.07) is 8.13. The molecule has 5 nitrogen and oxygen atoms in total. The number of aromatic amines is 1. The van der Waals surface area contributed by atoms with Crippen LogP contribution in [0.4, 0.5) is 4.79 Å². The predicted molar refractivity (Wildman–Crippen MR) is 105 cm³/mol. The molecular weight excluding hydrogens is 340 g/mol. The van der Waals surface area contributed by atoms with Crippen LogP contribution in [0.15, 0.2) is 24.3 Å². The highest BCUT2D eigenvalue weighted by Crippen LogP contribution is 2.56. The summed E-state index contributed by atoms with van der Waals surface area (Å²) < 4.78 is 5.74. The minimum atomic E-state index is -0.542. The molecule has 0 radical (unpaired) electrons. The number of nitrogens with zero attached hydrogens (tertiary/aromatic N) is 1. The molecule has 0 spiro atoms. The van der Waals surface area contributed by atoms with E-state index in [0.29, 0.717) is 13.0 Å². The summed E-state index contributed by atoms with van der Waals surface area (Å²) >= 11 is 0. The standard InChI is InChI=1S/C22H28N2O3/c1-21(2,3)27-20(26)24-13-6-10-22(12-14-25)11-9-17-18(19(22)24)15-7-4-5-8-16(15)23-17/h4-5,7-8,14,19,23H,6,9-13H2,1-3H3/t19-,22+/m0/s1. The second-order valence-electron chi connectivity index (χ2n) is 8.98. The summed E-state index contributed by atoms with van der Waals surface area (Å²) in [7, 11) is 0. The van der Waals surface area contributed by atoms with E-state index in [-0.39, 0.29) is 17.6 Å². The second-order valence-corrected chi connectivity index (χ2v) is 8.98. The molecule has 2 aliphatic rings. The van der Waals surface area contributed by atoms with E-state index in [2.05, 4.69) is 17.1 Å². The average Bonchev–Trinajstić information content (AvgIpc) is 2.98. The molecule has 1 fully saturated rings. The van der Waals surface area contributed by atoms with Crippen LogP contribution >= 0.6 is 0 Å². The maximum absolute atomic E-state index is 13.1. The van der Waals surface area contributed by atoms with Gasteiger partial charge in [0.2, 0.25) is 0 Å². The van der Waals surface area contributed by atoms with Crippen molar-refractivity contribution in [3.8, 4) is 0 Å². The number of benzene rings is 1. The molecule has 1 saturated heterocycles. The van der Waals surface area contributed by atoms with Crippen LogP contribution in [0, 0.1) is 5.41 Å². The van der Waals surface area contributed by atoms with Gasteiger partial charge in [-0.3, -0.25) is 0 Å². The molecule has 4 rings (SSSR count). The van der Waals surface area contributed by atoms with Crippen LogP contribution in [0.1, 0.15) is 63.8 Å². The lowest BCUT2D eigenvalue weighted by Crippen LogP contribution is -2.52. The van der Waals surface area contributed by atoms with Crippen molar-refractivity contribution in [1.82, 2.24) is 9.88 Å². The normalized spacial score (nSPS) is 25.0. The molecule has 5 heteroatoms. The first-order valence-electron chi connectivity index (χ1n) is 9.87. The fourth-order valence-electron chi connectivity index (χ4n) is 5.02. The van der Waals surface area contributed by atoms with Gasteiger partial charge in [-0.05, 0) is 52.5 Å². The van der Waals surface area contributed by atoms with Gasteiger partial charge in [-0.25, -0.2) is 4.79 Å². The molecule has 1 aliphatic heterocycles. The van der Waals surface area contributed by atoms with Crippen LogP contribution in [0.2, 0.25) is 0 Å². The smallest absolute Gasteiger partial charge is 0.410 e. The molecule has 144 valence electrons. The third-order valence-corrected chi connectivity index (χ3v) is 6.06. The van der Waals surface area contributed by atoms with Gasteiger partial charge in [-0.15, -0.1) is 0 Å². The Balaban J connectivity index is 1.85. The zero-order chi connectivity index (χ0) is 19.2. The van der Waals surface area contributed by atoms with Crippen LogP contribution in [0.25, 0.3) is 10.9 Å². The van der Waals surface area contributed by atoms with E-state index < -0.39 is 5.60 Å². The summed E-state index contributed by atoms with van der Waals surface area (Å²) in [5.74, 6) is 0. The van der Waals surface area contributed by atoms with Crippen molar-refractivity contribution >= 4 is 23.3 Å². The molecule has 0 bridgehead atoms. The lowest BCUT2D eigenvalue weighted by atomic mass is 9.62. The topological polar surface area (TPSA) is 62.4 Å². The lowest BCUT2D eigenvalue weighted by molar-refractivity contribution is -0.113. The van der Waals surface area contributed by atoms with Gasteiger partial charge in [0, 0.05) is 40.5 Å². The number of para-hydroxylation sites is 1. The number of amides is 1. The van der Waals surface area contributed by atoms with Crippen molar-refractivity contribution in [2.75, 3.05) is 6.54 Å². The quantitative estimate of drug-likeness (QED) is 0.777. The van der Waals surface area contributed by atoms with Crippen molar-refractivity contribution in [2.45, 2.75) is 64.5 Å². The van der Waals surface area contributed by atoms with Crippen LogP contribution < -0.4 is 0 Å². The molecular formula is C22H28N2O3. The van der Waals surface area contributed by atoms with E-state index in [0.717, 1.165) is 42.9 Å². The molecule has 27 heavy (non-hydrogen) atoms. The first kappa shape index (κ1) is 18.1. The van der Waals surface area contributed by atoms with E-state index in [1.165, 1.54) is 11.3 Å². The summed E-state index contributed by atoms with van der Waals surface area (Å²) in [6.45, 7) is 6.35. The zero-order valence-electron chi connectivity index (χ0n) is 16.4. The molecule has 1 amide bonds. The number of aryl methyl sites for hydroxylation is 1. The van der Waals surface area contributed by atoms with Gasteiger partial charge in [0.1, 0.15) is 11.9 Å². The third kappa shape index (κ3) is 3.03. The Hall–Kier alpha value is -2.30. The molecule has 2 atom stereocenters. The largest absolute Gasteiger partial charge is 0.444 e. The summed E-state index contributed by atoms with van der Waals surface area (Å²) in [6.07, 6.45) is 4.93. The first-order valence-corrected chi connectivity index (χ1v) is 9.87. The Labute approximate surface area is 160 Å². The van der Waals surface area contributed by atoms with Gasteiger partial charge in [0.25, 0.3) is 0 Å². The van der Waals surface area contributed by atoms with Crippen LogP contribution in [-0.2, 0) is 16.0 Å². The summed E-state index contributed by atoms with van der Waals surface area (Å²) in [5, 5.41) is 1.16. The fourth-order valence-corrected chi connectivity index (χ4v) is 5.02. The second kappa shape index (κ2) is 6.39.